The molecule has 0 fully saturated rings. The second-order valence-corrected chi connectivity index (χ2v) is 8.85. The van der Waals surface area contributed by atoms with Gasteiger partial charge in [0.1, 0.15) is 17.3 Å². The van der Waals surface area contributed by atoms with Gasteiger partial charge in [-0.15, -0.1) is 0 Å². The van der Waals surface area contributed by atoms with Crippen LogP contribution in [0.3, 0.4) is 0 Å². The summed E-state index contributed by atoms with van der Waals surface area (Å²) in [6, 6.07) is 7.64. The van der Waals surface area contributed by atoms with E-state index in [-0.39, 0.29) is 5.91 Å². The normalized spacial score (nSPS) is 12.7. The lowest BCUT2D eigenvalue weighted by molar-refractivity contribution is -0.116. The first-order chi connectivity index (χ1) is 17.8. The zero-order valence-electron chi connectivity index (χ0n) is 21.8. The van der Waals surface area contributed by atoms with Crippen molar-refractivity contribution >= 4 is 46.1 Å². The third-order valence-electron chi connectivity index (χ3n) is 5.37. The van der Waals surface area contributed by atoms with Gasteiger partial charge in [-0.1, -0.05) is 18.5 Å². The fourth-order valence-electron chi connectivity index (χ4n) is 3.48. The molecule has 2 aromatic rings. The fraction of sp³-hybridized carbons (Fsp3) is 0.385. The number of halogens is 2. The number of nitrogens with zero attached hydrogens (tertiary/aromatic N) is 4. The van der Waals surface area contributed by atoms with Crippen LogP contribution in [0, 0.1) is 5.82 Å². The Bertz CT molecular complexity index is 1140. The summed E-state index contributed by atoms with van der Waals surface area (Å²) in [6.07, 6.45) is 4.62. The van der Waals surface area contributed by atoms with Crippen molar-refractivity contribution < 1.29 is 9.18 Å². The van der Waals surface area contributed by atoms with E-state index in [1.165, 1.54) is 18.2 Å². The summed E-state index contributed by atoms with van der Waals surface area (Å²) in [7, 11) is 3.64. The van der Waals surface area contributed by atoms with E-state index in [1.54, 1.807) is 38.4 Å². The summed E-state index contributed by atoms with van der Waals surface area (Å²) in [6.45, 7) is 7.25. The van der Waals surface area contributed by atoms with E-state index < -0.39 is 5.82 Å². The maximum Gasteiger partial charge on any atom is 0.226 e. The van der Waals surface area contributed by atoms with Crippen LogP contribution in [-0.2, 0) is 4.79 Å². The monoisotopic (exact) mass is 530 g/mol. The Morgan fingerprint density at radius 3 is 2.73 bits per heavy atom. The van der Waals surface area contributed by atoms with Crippen molar-refractivity contribution in [2.24, 2.45) is 15.8 Å². The molecule has 0 unspecified atom stereocenters. The zero-order chi connectivity index (χ0) is 27.2. The first-order valence-electron chi connectivity index (χ1n) is 12.1. The largest absolute Gasteiger partial charge is 0.315 e. The van der Waals surface area contributed by atoms with Gasteiger partial charge in [-0.2, -0.15) is 0 Å². The number of benzene rings is 1. The van der Waals surface area contributed by atoms with Gasteiger partial charge >= 0.3 is 0 Å². The molecule has 0 bridgehead atoms. The lowest BCUT2D eigenvalue weighted by Crippen LogP contribution is -2.35. The number of nitrogens with one attached hydrogen (secondary N) is 3. The molecule has 0 saturated carbocycles. The van der Waals surface area contributed by atoms with Crippen molar-refractivity contribution in [3.05, 3.63) is 59.0 Å². The van der Waals surface area contributed by atoms with Crippen LogP contribution in [0.25, 0.3) is 5.57 Å². The van der Waals surface area contributed by atoms with Crippen LogP contribution in [-0.4, -0.2) is 67.6 Å². The van der Waals surface area contributed by atoms with Crippen molar-refractivity contribution in [2.45, 2.75) is 26.7 Å². The molecule has 0 radical (unpaired) electrons. The Labute approximate surface area is 223 Å². The number of amides is 1. The molecule has 0 aliphatic carbocycles. The quantitative estimate of drug-likeness (QED) is 0.103. The van der Waals surface area contributed by atoms with Gasteiger partial charge in [0.05, 0.1) is 5.69 Å². The summed E-state index contributed by atoms with van der Waals surface area (Å²) in [5.41, 5.74) is 4.29. The van der Waals surface area contributed by atoms with Crippen molar-refractivity contribution in [3.8, 4) is 0 Å². The van der Waals surface area contributed by atoms with E-state index in [0.717, 1.165) is 26.1 Å². The van der Waals surface area contributed by atoms with Crippen molar-refractivity contribution in [3.63, 3.8) is 0 Å². The number of hydrogen-bond donors (Lipinski definition) is 4. The SMILES string of the molecule is CCCN(C)CCNCCC(=O)Nc1cc(N=C(/C=C(\C)c2cc(Cl)ccc2F)C(=NC)NN)ccn1. The minimum atomic E-state index is -0.412. The topological polar surface area (TPSA) is 120 Å². The van der Waals surface area contributed by atoms with Gasteiger partial charge in [0.15, 0.2) is 5.84 Å². The highest BCUT2D eigenvalue weighted by Gasteiger charge is 2.11. The minimum absolute atomic E-state index is 0.158. The third kappa shape index (κ3) is 10.4. The summed E-state index contributed by atoms with van der Waals surface area (Å²) in [5, 5.41) is 6.48. The number of rotatable bonds is 13. The van der Waals surface area contributed by atoms with Gasteiger partial charge < -0.3 is 21.0 Å². The Morgan fingerprint density at radius 1 is 1.24 bits per heavy atom. The predicted octanol–water partition coefficient (Wildman–Crippen LogP) is 3.80. The van der Waals surface area contributed by atoms with Crippen LogP contribution in [0.1, 0.15) is 32.3 Å². The number of amidine groups is 1. The average Bonchev–Trinajstić information content (AvgIpc) is 2.86. The molecule has 1 amide bonds. The number of pyridine rings is 1. The number of carbonyl (C=O) groups is 1. The Hall–Kier alpha value is -3.18. The van der Waals surface area contributed by atoms with Crippen molar-refractivity contribution in [2.75, 3.05) is 45.6 Å². The molecule has 2 rings (SSSR count). The average molecular weight is 531 g/mol. The molecule has 11 heteroatoms. The molecule has 0 aliphatic rings. The van der Waals surface area contributed by atoms with Crippen LogP contribution in [0.5, 0.6) is 0 Å². The molecule has 9 nitrogen and oxygen atoms in total. The number of aliphatic imine (C=N–C) groups is 2. The Kier molecular flexibility index (Phi) is 12.9. The van der Waals surface area contributed by atoms with E-state index in [2.05, 4.69) is 49.9 Å². The second-order valence-electron chi connectivity index (χ2n) is 8.42. The van der Waals surface area contributed by atoms with E-state index in [0.29, 0.717) is 52.2 Å². The highest BCUT2D eigenvalue weighted by Crippen LogP contribution is 2.23. The Morgan fingerprint density at radius 2 is 2.03 bits per heavy atom. The maximum absolute atomic E-state index is 14.4. The zero-order valence-corrected chi connectivity index (χ0v) is 22.6. The Balaban J connectivity index is 2.13. The molecule has 200 valence electrons. The number of likely N-dealkylation sites (N-methyl/N-ethyl adjacent to an activating group) is 1. The van der Waals surface area contributed by atoms with Crippen molar-refractivity contribution in [1.82, 2.24) is 20.6 Å². The van der Waals surface area contributed by atoms with Crippen LogP contribution in [0.2, 0.25) is 5.02 Å². The number of nitrogens with two attached hydrogens (primary N) is 1. The third-order valence-corrected chi connectivity index (χ3v) is 5.61. The smallest absolute Gasteiger partial charge is 0.226 e. The highest BCUT2D eigenvalue weighted by molar-refractivity contribution is 6.47. The summed E-state index contributed by atoms with van der Waals surface area (Å²) < 4.78 is 14.4. The molecule has 0 atom stereocenters. The van der Waals surface area contributed by atoms with Crippen LogP contribution < -0.4 is 21.9 Å². The number of allylic oxidation sites excluding steroid dienone is 1. The second kappa shape index (κ2) is 15.8. The molecule has 37 heavy (non-hydrogen) atoms. The number of hydrazine groups is 1. The van der Waals surface area contributed by atoms with E-state index >= 15 is 0 Å². The maximum atomic E-state index is 14.4. The molecule has 1 aromatic heterocycles. The fourth-order valence-corrected chi connectivity index (χ4v) is 3.65. The first-order valence-corrected chi connectivity index (χ1v) is 12.5. The molecule has 0 spiro atoms. The van der Waals surface area contributed by atoms with Gasteiger partial charge in [0.25, 0.3) is 0 Å². The lowest BCUT2D eigenvalue weighted by atomic mass is 10.0. The van der Waals surface area contributed by atoms with Crippen LogP contribution in [0.15, 0.2) is 52.6 Å². The number of hydrogen-bond acceptors (Lipinski definition) is 7. The van der Waals surface area contributed by atoms with Gasteiger partial charge in [-0.05, 0) is 62.9 Å². The van der Waals surface area contributed by atoms with Crippen LogP contribution in [0.4, 0.5) is 15.9 Å². The molecule has 0 aliphatic heterocycles. The van der Waals surface area contributed by atoms with Gasteiger partial charge in [-0.3, -0.25) is 9.79 Å². The standard InChI is InChI=1S/C26H36ClFN8O/c1-5-13-36(4)14-12-31-10-9-25(37)34-24-17-20(8-11-32-24)33-23(26(30-3)35-29)15-18(2)21-16-19(27)6-7-22(21)28/h6-8,11,15-17,31H,5,9-10,12-14,29H2,1-4H3,(H,30,35)(H,32,34,37)/b18-15+,33-23?. The molecule has 5 N–H and O–H groups in total. The van der Waals surface area contributed by atoms with Crippen molar-refractivity contribution in [1.29, 1.82) is 0 Å². The van der Waals surface area contributed by atoms with E-state index in [9.17, 15) is 9.18 Å². The summed E-state index contributed by atoms with van der Waals surface area (Å²) >= 11 is 6.05. The number of carbonyl (C=O) groups excluding carboxylic acids is 1. The number of aromatic nitrogens is 1. The molecule has 1 aromatic carbocycles. The molecule has 1 heterocycles. The van der Waals surface area contributed by atoms with E-state index in [4.69, 9.17) is 17.4 Å². The van der Waals surface area contributed by atoms with Gasteiger partial charge in [0, 0.05) is 56.0 Å². The van der Waals surface area contributed by atoms with Crippen LogP contribution >= 0.6 is 11.6 Å². The molecular weight excluding hydrogens is 495 g/mol. The number of anilines is 1. The lowest BCUT2D eigenvalue weighted by Gasteiger charge is -2.15. The summed E-state index contributed by atoms with van der Waals surface area (Å²) in [5.74, 6) is 5.73. The summed E-state index contributed by atoms with van der Waals surface area (Å²) in [4.78, 5) is 27.6. The van der Waals surface area contributed by atoms with E-state index in [1.807, 2.05) is 0 Å². The minimum Gasteiger partial charge on any atom is -0.315 e. The molecular formula is C26H36ClFN8O. The van der Waals surface area contributed by atoms with Gasteiger partial charge in [0.2, 0.25) is 5.91 Å². The predicted molar refractivity (Wildman–Crippen MR) is 151 cm³/mol. The highest BCUT2D eigenvalue weighted by atomic mass is 35.5. The molecule has 0 saturated heterocycles. The van der Waals surface area contributed by atoms with Gasteiger partial charge in [-0.25, -0.2) is 20.2 Å². The first kappa shape index (κ1) is 30.0.